The second-order valence-corrected chi connectivity index (χ2v) is 9.73. The van der Waals surface area contributed by atoms with Crippen LogP contribution < -0.4 is 10.5 Å². The fraction of sp³-hybridized carbons (Fsp3) is 0.333. The first-order valence-corrected chi connectivity index (χ1v) is 11.8. The molecule has 0 radical (unpaired) electrons. The maximum absolute atomic E-state index is 13.7. The van der Waals surface area contributed by atoms with E-state index in [1.807, 2.05) is 22.6 Å². The molecule has 1 aliphatic heterocycles. The number of aromatic amines is 1. The molecule has 2 aromatic heterocycles. The van der Waals surface area contributed by atoms with Crippen LogP contribution >= 0.6 is 15.9 Å². The summed E-state index contributed by atoms with van der Waals surface area (Å²) in [6.07, 6.45) is 3.95. The van der Waals surface area contributed by atoms with Crippen molar-refractivity contribution in [2.45, 2.75) is 32.3 Å². The zero-order valence-corrected chi connectivity index (χ0v) is 19.7. The molecule has 1 saturated carbocycles. The van der Waals surface area contributed by atoms with Gasteiger partial charge in [-0.15, -0.1) is 10.2 Å². The molecule has 8 nitrogen and oxygen atoms in total. The molecule has 1 fully saturated rings. The molecule has 0 atom stereocenters. The fourth-order valence-electron chi connectivity index (χ4n) is 4.72. The SMILES string of the molecule is COCc1cc2c(cc1C(=O)N1CCc3cc(Br)ccc31)[nH]c(=O)c1nnc(CC3CC3)n12. The monoisotopic (exact) mass is 507 g/mol. The van der Waals surface area contributed by atoms with Crippen LogP contribution in [0.2, 0.25) is 0 Å². The van der Waals surface area contributed by atoms with Crippen LogP contribution in [0, 0.1) is 5.92 Å². The number of hydrogen-bond donors (Lipinski definition) is 1. The molecule has 1 amide bonds. The third-order valence-electron chi connectivity index (χ3n) is 6.52. The van der Waals surface area contributed by atoms with E-state index in [0.29, 0.717) is 23.5 Å². The maximum atomic E-state index is 13.7. The summed E-state index contributed by atoms with van der Waals surface area (Å²) in [5, 5.41) is 8.43. The minimum atomic E-state index is -0.314. The van der Waals surface area contributed by atoms with Crippen LogP contribution in [0.3, 0.4) is 0 Å². The molecule has 33 heavy (non-hydrogen) atoms. The molecule has 2 aromatic carbocycles. The van der Waals surface area contributed by atoms with Gasteiger partial charge in [-0.25, -0.2) is 0 Å². The van der Waals surface area contributed by atoms with Crippen LogP contribution in [0.25, 0.3) is 16.7 Å². The molecule has 4 aromatic rings. The standard InChI is InChI=1S/C24H22BrN5O3/c1-33-12-15-10-20-18(26-23(31)22-28-27-21(30(20)22)8-13-2-3-13)11-17(15)24(32)29-7-6-14-9-16(25)4-5-19(14)29/h4-5,9-11,13H,2-3,6-8,12H2,1H3,(H,26,31). The molecule has 3 heterocycles. The third-order valence-corrected chi connectivity index (χ3v) is 7.02. The van der Waals surface area contributed by atoms with E-state index in [1.54, 1.807) is 18.1 Å². The third kappa shape index (κ3) is 3.46. The fourth-order valence-corrected chi connectivity index (χ4v) is 5.13. The van der Waals surface area contributed by atoms with E-state index in [1.165, 1.54) is 12.8 Å². The van der Waals surface area contributed by atoms with Crippen molar-refractivity contribution in [3.05, 3.63) is 67.7 Å². The number of carbonyl (C=O) groups excluding carboxylic acids is 1. The van der Waals surface area contributed by atoms with Crippen molar-refractivity contribution in [1.29, 1.82) is 0 Å². The van der Waals surface area contributed by atoms with Crippen molar-refractivity contribution in [3.8, 4) is 0 Å². The second-order valence-electron chi connectivity index (χ2n) is 8.82. The van der Waals surface area contributed by atoms with Gasteiger partial charge in [0.05, 0.1) is 17.6 Å². The highest BCUT2D eigenvalue weighted by molar-refractivity contribution is 9.10. The molecule has 1 N–H and O–H groups in total. The van der Waals surface area contributed by atoms with Gasteiger partial charge in [-0.05, 0) is 66.6 Å². The molecule has 9 heteroatoms. The van der Waals surface area contributed by atoms with Gasteiger partial charge in [0.1, 0.15) is 5.82 Å². The number of aromatic nitrogens is 4. The molecule has 1 aliphatic carbocycles. The Balaban J connectivity index is 1.51. The summed E-state index contributed by atoms with van der Waals surface area (Å²) >= 11 is 3.51. The number of rotatable bonds is 5. The molecule has 168 valence electrons. The first-order chi connectivity index (χ1) is 16.0. The predicted octanol–water partition coefficient (Wildman–Crippen LogP) is 3.64. The van der Waals surface area contributed by atoms with Crippen molar-refractivity contribution in [3.63, 3.8) is 0 Å². The molecular formula is C24H22BrN5O3. The quantitative estimate of drug-likeness (QED) is 0.445. The van der Waals surface area contributed by atoms with Gasteiger partial charge in [0.25, 0.3) is 11.5 Å². The van der Waals surface area contributed by atoms with Crippen molar-refractivity contribution < 1.29 is 9.53 Å². The summed E-state index contributed by atoms with van der Waals surface area (Å²) < 4.78 is 8.28. The highest BCUT2D eigenvalue weighted by Crippen LogP contribution is 2.34. The Morgan fingerprint density at radius 3 is 2.88 bits per heavy atom. The zero-order chi connectivity index (χ0) is 22.7. The summed E-state index contributed by atoms with van der Waals surface area (Å²) in [5.74, 6) is 1.28. The number of ether oxygens (including phenoxy) is 1. The van der Waals surface area contributed by atoms with Crippen molar-refractivity contribution in [1.82, 2.24) is 19.6 Å². The van der Waals surface area contributed by atoms with Gasteiger partial charge in [-0.1, -0.05) is 15.9 Å². The minimum Gasteiger partial charge on any atom is -0.380 e. The molecule has 6 rings (SSSR count). The lowest BCUT2D eigenvalue weighted by atomic mass is 10.0. The Bertz CT molecular complexity index is 1490. The molecular weight excluding hydrogens is 486 g/mol. The Hall–Kier alpha value is -3.04. The van der Waals surface area contributed by atoms with E-state index in [4.69, 9.17) is 4.74 Å². The normalized spacial score (nSPS) is 15.5. The number of H-pyrrole nitrogens is 1. The number of carbonyl (C=O) groups is 1. The first kappa shape index (κ1) is 20.6. The molecule has 0 saturated heterocycles. The van der Waals surface area contributed by atoms with Crippen LogP contribution in [0.1, 0.15) is 40.2 Å². The van der Waals surface area contributed by atoms with Gasteiger partial charge >= 0.3 is 0 Å². The van der Waals surface area contributed by atoms with Gasteiger partial charge in [0.15, 0.2) is 0 Å². The molecule has 0 bridgehead atoms. The molecule has 0 unspecified atom stereocenters. The number of anilines is 1. The largest absolute Gasteiger partial charge is 0.380 e. The molecule has 0 spiro atoms. The molecule has 2 aliphatic rings. The summed E-state index contributed by atoms with van der Waals surface area (Å²) in [6, 6.07) is 9.66. The number of benzene rings is 2. The van der Waals surface area contributed by atoms with Crippen LogP contribution in [0.5, 0.6) is 0 Å². The maximum Gasteiger partial charge on any atom is 0.294 e. The lowest BCUT2D eigenvalue weighted by molar-refractivity contribution is 0.0984. The average Bonchev–Trinajstić information content (AvgIpc) is 3.35. The van der Waals surface area contributed by atoms with Crippen molar-refractivity contribution in [2.75, 3.05) is 18.6 Å². The van der Waals surface area contributed by atoms with E-state index < -0.39 is 0 Å². The van der Waals surface area contributed by atoms with Gasteiger partial charge in [0, 0.05) is 35.8 Å². The van der Waals surface area contributed by atoms with Gasteiger partial charge in [-0.3, -0.25) is 14.0 Å². The summed E-state index contributed by atoms with van der Waals surface area (Å²) in [7, 11) is 1.61. The minimum absolute atomic E-state index is 0.104. The number of hydrogen-bond acceptors (Lipinski definition) is 5. The predicted molar refractivity (Wildman–Crippen MR) is 128 cm³/mol. The lowest BCUT2D eigenvalue weighted by Gasteiger charge is -2.20. The van der Waals surface area contributed by atoms with Crippen LogP contribution in [0.4, 0.5) is 5.69 Å². The number of methoxy groups -OCH3 is 1. The summed E-state index contributed by atoms with van der Waals surface area (Å²) in [4.78, 5) is 31.1. The van der Waals surface area contributed by atoms with Gasteiger partial charge in [-0.2, -0.15) is 0 Å². The van der Waals surface area contributed by atoms with Crippen LogP contribution in [-0.2, 0) is 24.2 Å². The second kappa shape index (κ2) is 7.78. The van der Waals surface area contributed by atoms with E-state index in [9.17, 15) is 9.59 Å². The summed E-state index contributed by atoms with van der Waals surface area (Å²) in [5.41, 5.74) is 4.66. The Labute approximate surface area is 197 Å². The van der Waals surface area contributed by atoms with Gasteiger partial charge < -0.3 is 14.6 Å². The number of fused-ring (bicyclic) bond motifs is 4. The van der Waals surface area contributed by atoms with E-state index in [2.05, 4.69) is 37.2 Å². The highest BCUT2D eigenvalue weighted by atomic mass is 79.9. The number of amides is 1. The van der Waals surface area contributed by atoms with E-state index in [0.717, 1.165) is 45.5 Å². The number of nitrogens with zero attached hydrogens (tertiary/aromatic N) is 4. The Morgan fingerprint density at radius 1 is 1.24 bits per heavy atom. The van der Waals surface area contributed by atoms with E-state index >= 15 is 0 Å². The van der Waals surface area contributed by atoms with Gasteiger partial charge in [0.2, 0.25) is 5.65 Å². The zero-order valence-electron chi connectivity index (χ0n) is 18.1. The first-order valence-electron chi connectivity index (χ1n) is 11.1. The smallest absolute Gasteiger partial charge is 0.294 e. The Morgan fingerprint density at radius 2 is 2.09 bits per heavy atom. The van der Waals surface area contributed by atoms with E-state index in [-0.39, 0.29) is 23.7 Å². The summed E-state index contributed by atoms with van der Waals surface area (Å²) in [6.45, 7) is 0.889. The lowest BCUT2D eigenvalue weighted by Crippen LogP contribution is -2.30. The van der Waals surface area contributed by atoms with Crippen LogP contribution in [0.15, 0.2) is 39.6 Å². The average molecular weight is 508 g/mol. The van der Waals surface area contributed by atoms with Crippen molar-refractivity contribution in [2.24, 2.45) is 5.92 Å². The topological polar surface area (TPSA) is 92.6 Å². The van der Waals surface area contributed by atoms with Crippen molar-refractivity contribution >= 4 is 44.2 Å². The van der Waals surface area contributed by atoms with Crippen LogP contribution in [-0.4, -0.2) is 39.1 Å². The number of halogens is 1. The highest BCUT2D eigenvalue weighted by Gasteiger charge is 2.29. The Kier molecular flexibility index (Phi) is 4.84. The number of nitrogens with one attached hydrogen (secondary N) is 1.